The second-order valence-electron chi connectivity index (χ2n) is 7.47. The highest BCUT2D eigenvalue weighted by atomic mass is 35.5. The molecule has 6 nitrogen and oxygen atoms in total. The van der Waals surface area contributed by atoms with Gasteiger partial charge in [-0.1, -0.05) is 53.2 Å². The summed E-state index contributed by atoms with van der Waals surface area (Å²) in [4.78, 5) is 31.6. The van der Waals surface area contributed by atoms with Crippen LogP contribution < -0.4 is 15.0 Å². The van der Waals surface area contributed by atoms with Crippen LogP contribution >= 0.6 is 35.0 Å². The number of carbonyl (C=O) groups excluding carboxylic acids is 2. The first kappa shape index (κ1) is 26.6. The standard InChI is InChI=1S/C25H16Cl2F3N3O3S/c26-16-6-11-20(27)15(12-16)13-21-23(35)33(18-4-2-1-3-5-18)24(32-21)37-14-22(34)31-17-7-9-19(10-8-17)36-25(28,29)30/h1-13H,14H2,(H,31,34)/b21-13+. The Hall–Kier alpha value is -3.47. The van der Waals surface area contributed by atoms with Gasteiger partial charge in [0.2, 0.25) is 5.91 Å². The van der Waals surface area contributed by atoms with Gasteiger partial charge in [-0.3, -0.25) is 14.5 Å². The van der Waals surface area contributed by atoms with E-state index in [2.05, 4.69) is 15.0 Å². The van der Waals surface area contributed by atoms with Gasteiger partial charge < -0.3 is 10.1 Å². The quantitative estimate of drug-likeness (QED) is 0.326. The Kier molecular flexibility index (Phi) is 8.11. The fraction of sp³-hybridized carbons (Fsp3) is 0.0800. The molecule has 0 saturated heterocycles. The number of hydrogen-bond donors (Lipinski definition) is 1. The molecule has 2 amide bonds. The zero-order chi connectivity index (χ0) is 26.6. The average molecular weight is 566 g/mol. The number of nitrogens with zero attached hydrogens (tertiary/aromatic N) is 2. The fourth-order valence-corrected chi connectivity index (χ4v) is 4.40. The van der Waals surface area contributed by atoms with Crippen molar-refractivity contribution in [3.8, 4) is 5.75 Å². The molecular formula is C25H16Cl2F3N3O3S. The Bertz CT molecular complexity index is 1380. The van der Waals surface area contributed by atoms with E-state index in [1.165, 1.54) is 23.1 Å². The van der Waals surface area contributed by atoms with Gasteiger partial charge in [0.15, 0.2) is 5.17 Å². The number of para-hydroxylation sites is 1. The minimum atomic E-state index is -4.81. The number of alkyl halides is 3. The number of hydrogen-bond acceptors (Lipinski definition) is 5. The summed E-state index contributed by atoms with van der Waals surface area (Å²) in [5, 5.41) is 3.68. The van der Waals surface area contributed by atoms with Gasteiger partial charge in [0, 0.05) is 15.7 Å². The lowest BCUT2D eigenvalue weighted by atomic mass is 10.2. The van der Waals surface area contributed by atoms with Gasteiger partial charge in [0.05, 0.1) is 11.4 Å². The molecule has 0 spiro atoms. The maximum absolute atomic E-state index is 13.2. The maximum atomic E-state index is 13.2. The first-order chi connectivity index (χ1) is 17.6. The zero-order valence-corrected chi connectivity index (χ0v) is 21.0. The molecule has 0 saturated carbocycles. The molecular weight excluding hydrogens is 550 g/mol. The number of thioether (sulfide) groups is 1. The monoisotopic (exact) mass is 565 g/mol. The SMILES string of the molecule is O=C(CSC1=N/C(=C/c2cc(Cl)ccc2Cl)C(=O)N1c1ccccc1)Nc1ccc(OC(F)(F)F)cc1. The van der Waals surface area contributed by atoms with Gasteiger partial charge in [-0.15, -0.1) is 13.2 Å². The normalized spacial score (nSPS) is 14.6. The Balaban J connectivity index is 1.50. The molecule has 190 valence electrons. The molecule has 0 unspecified atom stereocenters. The molecule has 4 rings (SSSR count). The predicted molar refractivity (Wildman–Crippen MR) is 140 cm³/mol. The van der Waals surface area contributed by atoms with Crippen LogP contribution in [0.2, 0.25) is 10.0 Å². The van der Waals surface area contributed by atoms with Crippen LogP contribution in [0.4, 0.5) is 24.5 Å². The number of amides is 2. The van der Waals surface area contributed by atoms with Crippen LogP contribution in [0.3, 0.4) is 0 Å². The summed E-state index contributed by atoms with van der Waals surface area (Å²) in [6.07, 6.45) is -3.29. The van der Waals surface area contributed by atoms with Crippen molar-refractivity contribution < 1.29 is 27.5 Å². The molecule has 1 N–H and O–H groups in total. The third kappa shape index (κ3) is 7.06. The van der Waals surface area contributed by atoms with Crippen LogP contribution in [0.15, 0.2) is 83.5 Å². The maximum Gasteiger partial charge on any atom is 0.573 e. The fourth-order valence-electron chi connectivity index (χ4n) is 3.24. The molecule has 0 bridgehead atoms. The van der Waals surface area contributed by atoms with E-state index >= 15 is 0 Å². The van der Waals surface area contributed by atoms with Gasteiger partial charge >= 0.3 is 6.36 Å². The third-order valence-electron chi connectivity index (χ3n) is 4.80. The highest BCUT2D eigenvalue weighted by molar-refractivity contribution is 8.14. The minimum Gasteiger partial charge on any atom is -0.406 e. The van der Waals surface area contributed by atoms with Crippen LogP contribution in [0.5, 0.6) is 5.75 Å². The smallest absolute Gasteiger partial charge is 0.406 e. The van der Waals surface area contributed by atoms with E-state index < -0.39 is 23.9 Å². The molecule has 0 fully saturated rings. The number of anilines is 2. The van der Waals surface area contributed by atoms with Crippen LogP contribution in [0.1, 0.15) is 5.56 Å². The van der Waals surface area contributed by atoms with Crippen molar-refractivity contribution in [2.45, 2.75) is 6.36 Å². The van der Waals surface area contributed by atoms with Gasteiger partial charge in [-0.25, -0.2) is 4.99 Å². The molecule has 0 radical (unpaired) electrons. The number of halogens is 5. The molecule has 1 aliphatic rings. The number of amidine groups is 1. The molecule has 3 aromatic rings. The second kappa shape index (κ2) is 11.3. The average Bonchev–Trinajstić information content (AvgIpc) is 3.16. The van der Waals surface area contributed by atoms with E-state index in [0.29, 0.717) is 21.3 Å². The number of carbonyl (C=O) groups is 2. The topological polar surface area (TPSA) is 71.0 Å². The number of ether oxygens (including phenoxy) is 1. The first-order valence-electron chi connectivity index (χ1n) is 10.5. The molecule has 0 aromatic heterocycles. The van der Waals surface area contributed by atoms with Gasteiger partial charge in [0.25, 0.3) is 5.91 Å². The van der Waals surface area contributed by atoms with E-state index in [1.54, 1.807) is 48.5 Å². The zero-order valence-electron chi connectivity index (χ0n) is 18.6. The Labute approximate surface area is 223 Å². The highest BCUT2D eigenvalue weighted by Gasteiger charge is 2.33. The van der Waals surface area contributed by atoms with Crippen molar-refractivity contribution in [3.63, 3.8) is 0 Å². The van der Waals surface area contributed by atoms with E-state index in [4.69, 9.17) is 23.2 Å². The van der Waals surface area contributed by atoms with Gasteiger partial charge in [-0.05, 0) is 66.2 Å². The molecule has 1 aliphatic heterocycles. The molecule has 0 aliphatic carbocycles. The molecule has 37 heavy (non-hydrogen) atoms. The van der Waals surface area contributed by atoms with Crippen molar-refractivity contribution in [2.75, 3.05) is 16.0 Å². The Morgan fingerprint density at radius 3 is 2.43 bits per heavy atom. The highest BCUT2D eigenvalue weighted by Crippen LogP contribution is 2.31. The second-order valence-corrected chi connectivity index (χ2v) is 9.26. The lowest BCUT2D eigenvalue weighted by Crippen LogP contribution is -2.31. The number of nitrogens with one attached hydrogen (secondary N) is 1. The predicted octanol–water partition coefficient (Wildman–Crippen LogP) is 7.01. The van der Waals surface area contributed by atoms with Crippen LogP contribution in [0, 0.1) is 0 Å². The lowest BCUT2D eigenvalue weighted by molar-refractivity contribution is -0.274. The van der Waals surface area contributed by atoms with E-state index in [9.17, 15) is 22.8 Å². The molecule has 0 atom stereocenters. The first-order valence-corrected chi connectivity index (χ1v) is 12.3. The van der Waals surface area contributed by atoms with E-state index in [1.807, 2.05) is 0 Å². The Morgan fingerprint density at radius 2 is 1.76 bits per heavy atom. The van der Waals surface area contributed by atoms with Crippen molar-refractivity contribution in [3.05, 3.63) is 94.1 Å². The number of aliphatic imine (C=N–C) groups is 1. The van der Waals surface area contributed by atoms with E-state index in [-0.39, 0.29) is 22.3 Å². The third-order valence-corrected chi connectivity index (χ3v) is 6.32. The number of benzene rings is 3. The summed E-state index contributed by atoms with van der Waals surface area (Å²) >= 11 is 13.3. The van der Waals surface area contributed by atoms with Crippen molar-refractivity contribution >= 4 is 69.4 Å². The number of rotatable bonds is 6. The summed E-state index contributed by atoms with van der Waals surface area (Å²) in [5.41, 5.74) is 1.45. The lowest BCUT2D eigenvalue weighted by Gasteiger charge is -2.17. The van der Waals surface area contributed by atoms with Gasteiger partial charge in [-0.2, -0.15) is 0 Å². The summed E-state index contributed by atoms with van der Waals surface area (Å²) in [6.45, 7) is 0. The molecule has 12 heteroatoms. The summed E-state index contributed by atoms with van der Waals surface area (Å²) < 4.78 is 40.8. The Morgan fingerprint density at radius 1 is 1.05 bits per heavy atom. The summed E-state index contributed by atoms with van der Waals surface area (Å²) in [7, 11) is 0. The minimum absolute atomic E-state index is 0.108. The van der Waals surface area contributed by atoms with E-state index in [0.717, 1.165) is 23.9 Å². The summed E-state index contributed by atoms with van der Waals surface area (Å²) in [6, 6.07) is 18.4. The summed E-state index contributed by atoms with van der Waals surface area (Å²) in [5.74, 6) is -1.39. The van der Waals surface area contributed by atoms with Crippen LogP contribution in [-0.4, -0.2) is 29.1 Å². The van der Waals surface area contributed by atoms with Gasteiger partial charge in [0.1, 0.15) is 11.4 Å². The molecule has 3 aromatic carbocycles. The van der Waals surface area contributed by atoms with Crippen LogP contribution in [-0.2, 0) is 9.59 Å². The van der Waals surface area contributed by atoms with Crippen molar-refractivity contribution in [1.29, 1.82) is 0 Å². The van der Waals surface area contributed by atoms with Crippen LogP contribution in [0.25, 0.3) is 6.08 Å². The van der Waals surface area contributed by atoms with Crippen molar-refractivity contribution in [2.24, 2.45) is 4.99 Å². The largest absolute Gasteiger partial charge is 0.573 e. The molecule has 1 heterocycles. The van der Waals surface area contributed by atoms with Crippen molar-refractivity contribution in [1.82, 2.24) is 0 Å².